The maximum Gasteiger partial charge on any atom is 0.262 e. The molecule has 0 radical (unpaired) electrons. The monoisotopic (exact) mass is 353 g/mol. The number of nitrogens with two attached hydrogens (primary N) is 1. The smallest absolute Gasteiger partial charge is 0.262 e. The van der Waals surface area contributed by atoms with E-state index in [2.05, 4.69) is 16.3 Å². The Morgan fingerprint density at radius 2 is 1.81 bits per heavy atom. The SMILES string of the molecule is Cc1cc(N2CCCC2)ccc1NC(=O)COc1ccc(C(N)=O)cc1. The zero-order valence-electron chi connectivity index (χ0n) is 14.8. The third kappa shape index (κ3) is 4.33. The largest absolute Gasteiger partial charge is 0.484 e. The van der Waals surface area contributed by atoms with E-state index >= 15 is 0 Å². The summed E-state index contributed by atoms with van der Waals surface area (Å²) >= 11 is 0. The molecule has 3 rings (SSSR count). The van der Waals surface area contributed by atoms with E-state index in [-0.39, 0.29) is 12.5 Å². The lowest BCUT2D eigenvalue weighted by Crippen LogP contribution is -2.21. The second kappa shape index (κ2) is 7.91. The lowest BCUT2D eigenvalue weighted by Gasteiger charge is -2.19. The van der Waals surface area contributed by atoms with Crippen LogP contribution in [0.5, 0.6) is 5.75 Å². The van der Waals surface area contributed by atoms with Crippen LogP contribution in [0, 0.1) is 6.92 Å². The highest BCUT2D eigenvalue weighted by molar-refractivity contribution is 5.93. The van der Waals surface area contributed by atoms with Gasteiger partial charge in [-0.15, -0.1) is 0 Å². The highest BCUT2D eigenvalue weighted by Crippen LogP contribution is 2.25. The van der Waals surface area contributed by atoms with E-state index in [1.54, 1.807) is 24.3 Å². The molecule has 3 N–H and O–H groups in total. The van der Waals surface area contributed by atoms with Crippen LogP contribution in [0.25, 0.3) is 0 Å². The Labute approximate surface area is 152 Å². The predicted molar refractivity (Wildman–Crippen MR) is 102 cm³/mol. The molecule has 6 nitrogen and oxygen atoms in total. The molecule has 0 bridgehead atoms. The van der Waals surface area contributed by atoms with Crippen LogP contribution in [0.1, 0.15) is 28.8 Å². The van der Waals surface area contributed by atoms with Gasteiger partial charge in [0.05, 0.1) is 0 Å². The van der Waals surface area contributed by atoms with E-state index in [1.165, 1.54) is 18.5 Å². The van der Waals surface area contributed by atoms with Gasteiger partial charge in [0.15, 0.2) is 6.61 Å². The number of anilines is 2. The van der Waals surface area contributed by atoms with Gasteiger partial charge in [-0.2, -0.15) is 0 Å². The molecule has 0 atom stereocenters. The van der Waals surface area contributed by atoms with Crippen molar-refractivity contribution in [3.63, 3.8) is 0 Å². The van der Waals surface area contributed by atoms with Crippen molar-refractivity contribution in [2.24, 2.45) is 5.73 Å². The number of carbonyl (C=O) groups is 2. The molecule has 1 fully saturated rings. The minimum atomic E-state index is -0.498. The lowest BCUT2D eigenvalue weighted by atomic mass is 10.1. The van der Waals surface area contributed by atoms with E-state index in [0.29, 0.717) is 11.3 Å². The molecular formula is C20H23N3O3. The molecule has 2 amide bonds. The van der Waals surface area contributed by atoms with Crippen LogP contribution in [0.3, 0.4) is 0 Å². The van der Waals surface area contributed by atoms with Crippen LogP contribution in [-0.2, 0) is 4.79 Å². The Morgan fingerprint density at radius 1 is 1.12 bits per heavy atom. The van der Waals surface area contributed by atoms with Gasteiger partial charge >= 0.3 is 0 Å². The second-order valence-corrected chi connectivity index (χ2v) is 6.42. The van der Waals surface area contributed by atoms with E-state index in [4.69, 9.17) is 10.5 Å². The number of hydrogen-bond donors (Lipinski definition) is 2. The van der Waals surface area contributed by atoms with Crippen molar-refractivity contribution in [1.82, 2.24) is 0 Å². The van der Waals surface area contributed by atoms with Gasteiger partial charge < -0.3 is 20.7 Å². The lowest BCUT2D eigenvalue weighted by molar-refractivity contribution is -0.118. The van der Waals surface area contributed by atoms with Gasteiger partial charge in [0.25, 0.3) is 5.91 Å². The number of primary amides is 1. The Morgan fingerprint density at radius 3 is 2.42 bits per heavy atom. The molecule has 26 heavy (non-hydrogen) atoms. The fraction of sp³-hybridized carbons (Fsp3) is 0.300. The van der Waals surface area contributed by atoms with Gasteiger partial charge in [0.2, 0.25) is 5.91 Å². The predicted octanol–water partition coefficient (Wildman–Crippen LogP) is 2.71. The molecule has 1 aliphatic rings. The van der Waals surface area contributed by atoms with Crippen LogP contribution >= 0.6 is 0 Å². The molecule has 2 aromatic carbocycles. The highest BCUT2D eigenvalue weighted by atomic mass is 16.5. The number of aryl methyl sites for hydroxylation is 1. The van der Waals surface area contributed by atoms with Crippen molar-refractivity contribution in [3.8, 4) is 5.75 Å². The minimum absolute atomic E-state index is 0.108. The first kappa shape index (κ1) is 17.8. The number of amides is 2. The van der Waals surface area contributed by atoms with Crippen molar-refractivity contribution in [1.29, 1.82) is 0 Å². The summed E-state index contributed by atoms with van der Waals surface area (Å²) in [5.74, 6) is -0.227. The maximum absolute atomic E-state index is 12.1. The van der Waals surface area contributed by atoms with Crippen LogP contribution < -0.4 is 20.7 Å². The Bertz CT molecular complexity index is 796. The van der Waals surface area contributed by atoms with Gasteiger partial charge in [-0.1, -0.05) is 0 Å². The minimum Gasteiger partial charge on any atom is -0.484 e. The summed E-state index contributed by atoms with van der Waals surface area (Å²) in [4.78, 5) is 25.5. The number of benzene rings is 2. The standard InChI is InChI=1S/C20H23N3O3/c1-14-12-16(23-10-2-3-11-23)6-9-18(14)22-19(24)13-26-17-7-4-15(5-8-17)20(21)25/h4-9,12H,2-3,10-11,13H2,1H3,(H2,21,25)(H,22,24). The van der Waals surface area contributed by atoms with Crippen molar-refractivity contribution < 1.29 is 14.3 Å². The molecule has 136 valence electrons. The number of ether oxygens (including phenoxy) is 1. The number of hydrogen-bond acceptors (Lipinski definition) is 4. The van der Waals surface area contributed by atoms with Crippen LogP contribution in [0.4, 0.5) is 11.4 Å². The summed E-state index contributed by atoms with van der Waals surface area (Å²) in [6, 6.07) is 12.4. The molecule has 0 aliphatic carbocycles. The third-order valence-electron chi connectivity index (χ3n) is 4.46. The summed E-state index contributed by atoms with van der Waals surface area (Å²) in [6.07, 6.45) is 2.46. The number of nitrogens with one attached hydrogen (secondary N) is 1. The number of nitrogens with zero attached hydrogens (tertiary/aromatic N) is 1. The molecule has 1 saturated heterocycles. The topological polar surface area (TPSA) is 84.7 Å². The summed E-state index contributed by atoms with van der Waals surface area (Å²) in [5.41, 5.74) is 8.59. The average molecular weight is 353 g/mol. The van der Waals surface area contributed by atoms with Crippen molar-refractivity contribution in [2.45, 2.75) is 19.8 Å². The fourth-order valence-electron chi connectivity index (χ4n) is 3.01. The van der Waals surface area contributed by atoms with Crippen molar-refractivity contribution >= 4 is 23.2 Å². The Balaban J connectivity index is 1.55. The summed E-state index contributed by atoms with van der Waals surface area (Å²) in [6.45, 7) is 4.06. The van der Waals surface area contributed by atoms with Crippen LogP contribution in [-0.4, -0.2) is 31.5 Å². The fourth-order valence-corrected chi connectivity index (χ4v) is 3.01. The molecule has 0 spiro atoms. The normalized spacial score (nSPS) is 13.5. The van der Waals surface area contributed by atoms with E-state index < -0.39 is 5.91 Å². The summed E-state index contributed by atoms with van der Waals surface area (Å²) < 4.78 is 5.45. The van der Waals surface area contributed by atoms with Gasteiger partial charge in [-0.25, -0.2) is 0 Å². The summed E-state index contributed by atoms with van der Waals surface area (Å²) in [7, 11) is 0. The first-order valence-corrected chi connectivity index (χ1v) is 8.71. The molecule has 0 aromatic heterocycles. The third-order valence-corrected chi connectivity index (χ3v) is 4.46. The summed E-state index contributed by atoms with van der Waals surface area (Å²) in [5, 5.41) is 2.87. The zero-order chi connectivity index (χ0) is 18.5. The molecule has 2 aromatic rings. The Kier molecular flexibility index (Phi) is 5.41. The van der Waals surface area contributed by atoms with E-state index in [9.17, 15) is 9.59 Å². The highest BCUT2D eigenvalue weighted by Gasteiger charge is 2.14. The molecule has 0 saturated carbocycles. The van der Waals surface area contributed by atoms with Crippen molar-refractivity contribution in [2.75, 3.05) is 29.9 Å². The second-order valence-electron chi connectivity index (χ2n) is 6.42. The first-order valence-electron chi connectivity index (χ1n) is 8.71. The quantitative estimate of drug-likeness (QED) is 0.836. The van der Waals surface area contributed by atoms with E-state index in [1.807, 2.05) is 19.1 Å². The number of rotatable bonds is 6. The molecular weight excluding hydrogens is 330 g/mol. The van der Waals surface area contributed by atoms with E-state index in [0.717, 1.165) is 24.3 Å². The van der Waals surface area contributed by atoms with Crippen molar-refractivity contribution in [3.05, 3.63) is 53.6 Å². The van der Waals surface area contributed by atoms with Gasteiger partial charge in [-0.3, -0.25) is 9.59 Å². The Hall–Kier alpha value is -3.02. The average Bonchev–Trinajstić information content (AvgIpc) is 3.17. The zero-order valence-corrected chi connectivity index (χ0v) is 14.8. The number of carbonyl (C=O) groups excluding carboxylic acids is 2. The molecule has 6 heteroatoms. The van der Waals surface area contributed by atoms with Crippen LogP contribution in [0.15, 0.2) is 42.5 Å². The molecule has 1 aliphatic heterocycles. The van der Waals surface area contributed by atoms with Gasteiger partial charge in [-0.05, 0) is 67.8 Å². The van der Waals surface area contributed by atoms with Gasteiger partial charge in [0, 0.05) is 30.0 Å². The first-order chi connectivity index (χ1) is 12.5. The van der Waals surface area contributed by atoms with Gasteiger partial charge in [0.1, 0.15) is 5.75 Å². The molecule has 0 unspecified atom stereocenters. The maximum atomic E-state index is 12.1. The van der Waals surface area contributed by atoms with Crippen LogP contribution in [0.2, 0.25) is 0 Å². The molecule has 1 heterocycles.